The summed E-state index contributed by atoms with van der Waals surface area (Å²) in [6.45, 7) is 2.98. The Morgan fingerprint density at radius 2 is 2.21 bits per heavy atom. The number of pyridine rings is 1. The van der Waals surface area contributed by atoms with Crippen LogP contribution < -0.4 is 5.32 Å². The molecule has 1 aromatic heterocycles. The number of para-hydroxylation sites is 1. The van der Waals surface area contributed by atoms with Gasteiger partial charge in [0.15, 0.2) is 0 Å². The third-order valence-electron chi connectivity index (χ3n) is 3.15. The summed E-state index contributed by atoms with van der Waals surface area (Å²) in [5.74, 6) is 0.350. The molecule has 2 rings (SSSR count). The number of nitrogens with one attached hydrogen (secondary N) is 1. The molecule has 1 atom stereocenters. The molecule has 0 saturated heterocycles. The molecule has 1 aromatic carbocycles. The Bertz CT molecular complexity index is 604. The monoisotopic (exact) mass is 255 g/mol. The molecule has 0 bridgehead atoms. The lowest BCUT2D eigenvalue weighted by atomic mass is 10.1. The van der Waals surface area contributed by atoms with Crippen molar-refractivity contribution in [3.05, 3.63) is 36.0 Å². The van der Waals surface area contributed by atoms with Crippen LogP contribution in [0.5, 0.6) is 0 Å². The predicted octanol–water partition coefficient (Wildman–Crippen LogP) is 2.54. The fourth-order valence-electron chi connectivity index (χ4n) is 2.02. The lowest BCUT2D eigenvalue weighted by molar-refractivity contribution is 0.266. The van der Waals surface area contributed by atoms with Gasteiger partial charge in [-0.25, -0.2) is 0 Å². The third-order valence-corrected chi connectivity index (χ3v) is 3.15. The molecule has 0 spiro atoms. The summed E-state index contributed by atoms with van der Waals surface area (Å²) >= 11 is 0. The maximum Gasteiger partial charge on any atom is 0.103 e. The van der Waals surface area contributed by atoms with E-state index in [-0.39, 0.29) is 6.61 Å². The van der Waals surface area contributed by atoms with Crippen molar-refractivity contribution < 1.29 is 5.11 Å². The van der Waals surface area contributed by atoms with Gasteiger partial charge in [-0.2, -0.15) is 5.26 Å². The summed E-state index contributed by atoms with van der Waals surface area (Å²) in [6.07, 6.45) is 2.35. The van der Waals surface area contributed by atoms with E-state index in [0.717, 1.165) is 29.6 Å². The molecule has 0 aliphatic heterocycles. The van der Waals surface area contributed by atoms with Crippen LogP contribution in [0.15, 0.2) is 30.5 Å². The molecule has 98 valence electrons. The number of fused-ring (bicyclic) bond motifs is 1. The number of nitriles is 1. The molecule has 0 fully saturated rings. The zero-order chi connectivity index (χ0) is 13.7. The summed E-state index contributed by atoms with van der Waals surface area (Å²) in [7, 11) is 0. The molecule has 4 heteroatoms. The van der Waals surface area contributed by atoms with Crippen molar-refractivity contribution in [3.63, 3.8) is 0 Å². The minimum Gasteiger partial charge on any atom is -0.396 e. The van der Waals surface area contributed by atoms with Crippen molar-refractivity contribution in [1.29, 1.82) is 5.26 Å². The smallest absolute Gasteiger partial charge is 0.103 e. The SMILES string of the molecule is CC(CCO)CNc1c(C#N)cnc2ccccc12. The van der Waals surface area contributed by atoms with Gasteiger partial charge in [0.25, 0.3) is 0 Å². The van der Waals surface area contributed by atoms with Crippen molar-refractivity contribution >= 4 is 16.6 Å². The Kier molecular flexibility index (Phi) is 4.32. The third kappa shape index (κ3) is 3.01. The first kappa shape index (κ1) is 13.3. The van der Waals surface area contributed by atoms with Crippen molar-refractivity contribution in [2.24, 2.45) is 5.92 Å². The molecule has 2 N–H and O–H groups in total. The largest absolute Gasteiger partial charge is 0.396 e. The lowest BCUT2D eigenvalue weighted by Crippen LogP contribution is -2.13. The highest BCUT2D eigenvalue weighted by Gasteiger charge is 2.09. The summed E-state index contributed by atoms with van der Waals surface area (Å²) in [6, 6.07) is 9.93. The zero-order valence-electron chi connectivity index (χ0n) is 10.9. The first-order chi connectivity index (χ1) is 9.26. The van der Waals surface area contributed by atoms with Crippen LogP contribution in [-0.4, -0.2) is 23.2 Å². The quantitative estimate of drug-likeness (QED) is 0.861. The fraction of sp³-hybridized carbons (Fsp3) is 0.333. The van der Waals surface area contributed by atoms with Gasteiger partial charge in [-0.3, -0.25) is 4.98 Å². The maximum atomic E-state index is 9.18. The van der Waals surface area contributed by atoms with Gasteiger partial charge in [0, 0.05) is 24.7 Å². The van der Waals surface area contributed by atoms with Gasteiger partial charge in [0.1, 0.15) is 6.07 Å². The number of aromatic nitrogens is 1. The van der Waals surface area contributed by atoms with Crippen LogP contribution in [0.3, 0.4) is 0 Å². The molecular weight excluding hydrogens is 238 g/mol. The van der Waals surface area contributed by atoms with E-state index in [1.165, 1.54) is 0 Å². The second kappa shape index (κ2) is 6.17. The van der Waals surface area contributed by atoms with E-state index < -0.39 is 0 Å². The Hall–Kier alpha value is -2.12. The molecule has 1 heterocycles. The number of benzene rings is 1. The number of hydrogen-bond acceptors (Lipinski definition) is 4. The highest BCUT2D eigenvalue weighted by atomic mass is 16.3. The average Bonchev–Trinajstić information content (AvgIpc) is 2.44. The van der Waals surface area contributed by atoms with Crippen LogP contribution in [0.4, 0.5) is 5.69 Å². The number of hydrogen-bond donors (Lipinski definition) is 2. The van der Waals surface area contributed by atoms with Crippen molar-refractivity contribution in [2.75, 3.05) is 18.5 Å². The minimum atomic E-state index is 0.186. The van der Waals surface area contributed by atoms with Crippen molar-refractivity contribution in [2.45, 2.75) is 13.3 Å². The van der Waals surface area contributed by atoms with Gasteiger partial charge < -0.3 is 10.4 Å². The van der Waals surface area contributed by atoms with Gasteiger partial charge >= 0.3 is 0 Å². The molecule has 0 radical (unpaired) electrons. The lowest BCUT2D eigenvalue weighted by Gasteiger charge is -2.15. The van der Waals surface area contributed by atoms with Crippen LogP contribution in [-0.2, 0) is 0 Å². The average molecular weight is 255 g/mol. The van der Waals surface area contributed by atoms with Gasteiger partial charge in [0.2, 0.25) is 0 Å². The number of anilines is 1. The molecule has 1 unspecified atom stereocenters. The van der Waals surface area contributed by atoms with E-state index in [4.69, 9.17) is 5.11 Å². The van der Waals surface area contributed by atoms with E-state index in [1.807, 2.05) is 24.3 Å². The van der Waals surface area contributed by atoms with Gasteiger partial charge in [0.05, 0.1) is 16.8 Å². The predicted molar refractivity (Wildman–Crippen MR) is 75.8 cm³/mol. The summed E-state index contributed by atoms with van der Waals surface area (Å²) < 4.78 is 0. The summed E-state index contributed by atoms with van der Waals surface area (Å²) in [4.78, 5) is 4.27. The van der Waals surface area contributed by atoms with Crippen LogP contribution >= 0.6 is 0 Å². The Morgan fingerprint density at radius 3 is 2.95 bits per heavy atom. The zero-order valence-corrected chi connectivity index (χ0v) is 10.9. The second-order valence-electron chi connectivity index (χ2n) is 4.67. The first-order valence-electron chi connectivity index (χ1n) is 6.39. The minimum absolute atomic E-state index is 0.186. The van der Waals surface area contributed by atoms with E-state index in [0.29, 0.717) is 11.5 Å². The fourth-order valence-corrected chi connectivity index (χ4v) is 2.02. The summed E-state index contributed by atoms with van der Waals surface area (Å²) in [5, 5.41) is 22.4. The van der Waals surface area contributed by atoms with Crippen LogP contribution in [0.25, 0.3) is 10.9 Å². The van der Waals surface area contributed by atoms with Crippen LogP contribution in [0.2, 0.25) is 0 Å². The summed E-state index contributed by atoms with van der Waals surface area (Å²) in [5.41, 5.74) is 2.26. The molecule has 4 nitrogen and oxygen atoms in total. The number of aliphatic hydroxyl groups is 1. The first-order valence-corrected chi connectivity index (χ1v) is 6.39. The van der Waals surface area contributed by atoms with Crippen molar-refractivity contribution in [1.82, 2.24) is 4.98 Å². The number of rotatable bonds is 5. The molecule has 0 amide bonds. The highest BCUT2D eigenvalue weighted by molar-refractivity contribution is 5.93. The molecule has 0 aliphatic rings. The number of nitrogens with zero attached hydrogens (tertiary/aromatic N) is 2. The standard InChI is InChI=1S/C15H17N3O/c1-11(6-7-19)9-18-15-12(8-16)10-17-14-5-3-2-4-13(14)15/h2-5,10-11,19H,6-7,9H2,1H3,(H,17,18). The van der Waals surface area contributed by atoms with Crippen LogP contribution in [0.1, 0.15) is 18.9 Å². The maximum absolute atomic E-state index is 9.18. The molecule has 0 saturated carbocycles. The van der Waals surface area contributed by atoms with E-state index in [1.54, 1.807) is 6.20 Å². The molecule has 0 aliphatic carbocycles. The van der Waals surface area contributed by atoms with Crippen molar-refractivity contribution in [3.8, 4) is 6.07 Å². The molecule has 2 aromatic rings. The van der Waals surface area contributed by atoms with Gasteiger partial charge in [-0.15, -0.1) is 0 Å². The Balaban J connectivity index is 2.32. The van der Waals surface area contributed by atoms with E-state index in [9.17, 15) is 5.26 Å². The van der Waals surface area contributed by atoms with E-state index in [2.05, 4.69) is 23.3 Å². The second-order valence-corrected chi connectivity index (χ2v) is 4.67. The van der Waals surface area contributed by atoms with Gasteiger partial charge in [-0.05, 0) is 18.4 Å². The highest BCUT2D eigenvalue weighted by Crippen LogP contribution is 2.25. The van der Waals surface area contributed by atoms with Gasteiger partial charge in [-0.1, -0.05) is 25.1 Å². The number of aliphatic hydroxyl groups excluding tert-OH is 1. The van der Waals surface area contributed by atoms with Crippen LogP contribution in [0, 0.1) is 17.2 Å². The molecular formula is C15H17N3O. The molecule has 19 heavy (non-hydrogen) atoms. The normalized spacial score (nSPS) is 12.1. The van der Waals surface area contributed by atoms with E-state index >= 15 is 0 Å². The Morgan fingerprint density at radius 1 is 1.42 bits per heavy atom. The Labute approximate surface area is 112 Å². The topological polar surface area (TPSA) is 68.9 Å².